The second kappa shape index (κ2) is 3.94. The molecule has 0 bridgehead atoms. The standard InChI is InChI=1S/C12H12N2OS/c15-8-9-3-1-5-12-13-10(7-14(9)12)11-4-2-6-16-11/h1,3,5,7-8,11H,2,4,6H2. The minimum atomic E-state index is 0.513. The molecule has 1 fully saturated rings. The van der Waals surface area contributed by atoms with Crippen LogP contribution >= 0.6 is 11.8 Å². The summed E-state index contributed by atoms with van der Waals surface area (Å²) in [7, 11) is 0. The van der Waals surface area contributed by atoms with Crippen molar-refractivity contribution in [1.29, 1.82) is 0 Å². The van der Waals surface area contributed by atoms with Gasteiger partial charge in [-0.25, -0.2) is 4.98 Å². The van der Waals surface area contributed by atoms with Crippen molar-refractivity contribution in [2.24, 2.45) is 0 Å². The number of carbonyl (C=O) groups is 1. The van der Waals surface area contributed by atoms with Crippen molar-refractivity contribution in [2.45, 2.75) is 18.1 Å². The van der Waals surface area contributed by atoms with Crippen LogP contribution in [0.25, 0.3) is 5.65 Å². The number of aldehydes is 1. The van der Waals surface area contributed by atoms with Crippen molar-refractivity contribution in [2.75, 3.05) is 5.75 Å². The quantitative estimate of drug-likeness (QED) is 0.747. The van der Waals surface area contributed by atoms with E-state index in [-0.39, 0.29) is 0 Å². The summed E-state index contributed by atoms with van der Waals surface area (Å²) in [5.41, 5.74) is 2.64. The molecule has 3 heterocycles. The molecule has 2 aromatic heterocycles. The predicted octanol–water partition coefficient (Wildman–Crippen LogP) is 2.71. The molecule has 0 aromatic carbocycles. The lowest BCUT2D eigenvalue weighted by Crippen LogP contribution is -1.92. The first-order chi connectivity index (χ1) is 7.88. The van der Waals surface area contributed by atoms with Gasteiger partial charge in [0.25, 0.3) is 0 Å². The minimum absolute atomic E-state index is 0.513. The van der Waals surface area contributed by atoms with Crippen molar-refractivity contribution >= 4 is 23.7 Å². The first kappa shape index (κ1) is 9.90. The third-order valence-corrected chi connectivity index (χ3v) is 4.33. The molecule has 3 rings (SSSR count). The van der Waals surface area contributed by atoms with Gasteiger partial charge in [-0.05, 0) is 30.7 Å². The molecule has 0 spiro atoms. The lowest BCUT2D eigenvalue weighted by Gasteiger charge is -2.01. The summed E-state index contributed by atoms with van der Waals surface area (Å²) in [5.74, 6) is 1.22. The Hall–Kier alpha value is -1.29. The van der Waals surface area contributed by atoms with E-state index in [1.165, 1.54) is 18.6 Å². The molecule has 0 saturated carbocycles. The van der Waals surface area contributed by atoms with E-state index < -0.39 is 0 Å². The Morgan fingerprint density at radius 1 is 1.50 bits per heavy atom. The molecule has 1 aliphatic heterocycles. The molecule has 3 nitrogen and oxygen atoms in total. The Kier molecular flexibility index (Phi) is 2.44. The van der Waals surface area contributed by atoms with Gasteiger partial charge in [-0.3, -0.25) is 9.20 Å². The lowest BCUT2D eigenvalue weighted by molar-refractivity contribution is 0.111. The molecule has 2 aromatic rings. The van der Waals surface area contributed by atoms with Crippen LogP contribution in [0.5, 0.6) is 0 Å². The largest absolute Gasteiger partial charge is 0.297 e. The molecule has 16 heavy (non-hydrogen) atoms. The third-order valence-electron chi connectivity index (χ3n) is 2.92. The van der Waals surface area contributed by atoms with Crippen LogP contribution in [0.1, 0.15) is 34.3 Å². The Balaban J connectivity index is 2.11. The van der Waals surface area contributed by atoms with Crippen LogP contribution in [0.15, 0.2) is 24.4 Å². The number of carbonyl (C=O) groups excluding carboxylic acids is 1. The van der Waals surface area contributed by atoms with Crippen LogP contribution in [-0.2, 0) is 0 Å². The third kappa shape index (κ3) is 1.53. The van der Waals surface area contributed by atoms with E-state index >= 15 is 0 Å². The van der Waals surface area contributed by atoms with E-state index in [0.717, 1.165) is 17.6 Å². The second-order valence-electron chi connectivity index (χ2n) is 3.96. The number of hydrogen-bond acceptors (Lipinski definition) is 3. The summed E-state index contributed by atoms with van der Waals surface area (Å²) in [6.45, 7) is 0. The summed E-state index contributed by atoms with van der Waals surface area (Å²) >= 11 is 1.96. The normalized spacial score (nSPS) is 20.4. The Morgan fingerprint density at radius 3 is 3.19 bits per heavy atom. The highest BCUT2D eigenvalue weighted by atomic mass is 32.2. The average Bonchev–Trinajstić information content (AvgIpc) is 2.96. The van der Waals surface area contributed by atoms with Crippen LogP contribution < -0.4 is 0 Å². The van der Waals surface area contributed by atoms with Crippen LogP contribution in [0.3, 0.4) is 0 Å². The zero-order chi connectivity index (χ0) is 11.0. The van der Waals surface area contributed by atoms with E-state index in [4.69, 9.17) is 0 Å². The summed E-state index contributed by atoms with van der Waals surface area (Å²) in [5, 5.41) is 0.513. The van der Waals surface area contributed by atoms with Crippen LogP contribution in [0.4, 0.5) is 0 Å². The van der Waals surface area contributed by atoms with Gasteiger partial charge in [0.2, 0.25) is 0 Å². The molecule has 1 aliphatic rings. The lowest BCUT2D eigenvalue weighted by atomic mass is 10.2. The predicted molar refractivity (Wildman–Crippen MR) is 65.0 cm³/mol. The average molecular weight is 232 g/mol. The van der Waals surface area contributed by atoms with Crippen LogP contribution in [0.2, 0.25) is 0 Å². The second-order valence-corrected chi connectivity index (χ2v) is 5.27. The topological polar surface area (TPSA) is 34.4 Å². The van der Waals surface area contributed by atoms with Crippen LogP contribution in [0, 0.1) is 0 Å². The van der Waals surface area contributed by atoms with E-state index in [1.54, 1.807) is 0 Å². The van der Waals surface area contributed by atoms with Gasteiger partial charge in [0.1, 0.15) is 5.65 Å². The maximum absolute atomic E-state index is 10.9. The van der Waals surface area contributed by atoms with E-state index in [2.05, 4.69) is 4.98 Å². The maximum Gasteiger partial charge on any atom is 0.166 e. The van der Waals surface area contributed by atoms with Gasteiger partial charge >= 0.3 is 0 Å². The molecule has 1 saturated heterocycles. The number of fused-ring (bicyclic) bond motifs is 1. The summed E-state index contributed by atoms with van der Waals surface area (Å²) in [6.07, 6.45) is 5.34. The van der Waals surface area contributed by atoms with Crippen molar-refractivity contribution in [3.05, 3.63) is 35.8 Å². The van der Waals surface area contributed by atoms with Gasteiger partial charge in [-0.1, -0.05) is 6.07 Å². The summed E-state index contributed by atoms with van der Waals surface area (Å²) in [6, 6.07) is 5.63. The molecule has 0 radical (unpaired) electrons. The first-order valence-electron chi connectivity index (χ1n) is 5.43. The van der Waals surface area contributed by atoms with Crippen molar-refractivity contribution in [1.82, 2.24) is 9.38 Å². The zero-order valence-corrected chi connectivity index (χ0v) is 9.61. The van der Waals surface area contributed by atoms with Gasteiger partial charge in [-0.2, -0.15) is 11.8 Å². The van der Waals surface area contributed by atoms with Gasteiger partial charge in [0.05, 0.1) is 11.4 Å². The van der Waals surface area contributed by atoms with Gasteiger partial charge < -0.3 is 0 Å². The smallest absolute Gasteiger partial charge is 0.166 e. The molecular weight excluding hydrogens is 220 g/mol. The Labute approximate surface area is 97.9 Å². The van der Waals surface area contributed by atoms with Crippen molar-refractivity contribution < 1.29 is 4.79 Å². The molecule has 1 unspecified atom stereocenters. The summed E-state index contributed by atoms with van der Waals surface area (Å²) < 4.78 is 1.88. The molecule has 4 heteroatoms. The SMILES string of the molecule is O=Cc1cccc2nc(C3CCCS3)cn12. The molecule has 82 valence electrons. The van der Waals surface area contributed by atoms with Gasteiger partial charge in [0, 0.05) is 11.4 Å². The van der Waals surface area contributed by atoms with Crippen LogP contribution in [-0.4, -0.2) is 21.4 Å². The Morgan fingerprint density at radius 2 is 2.44 bits per heavy atom. The molecule has 0 N–H and O–H groups in total. The molecular formula is C12H12N2OS. The number of pyridine rings is 1. The van der Waals surface area contributed by atoms with E-state index in [9.17, 15) is 4.79 Å². The molecule has 0 aliphatic carbocycles. The first-order valence-corrected chi connectivity index (χ1v) is 6.48. The monoisotopic (exact) mass is 232 g/mol. The van der Waals surface area contributed by atoms with E-state index in [0.29, 0.717) is 10.9 Å². The fourth-order valence-electron chi connectivity index (χ4n) is 2.11. The number of thioether (sulfide) groups is 1. The highest BCUT2D eigenvalue weighted by Gasteiger charge is 2.20. The van der Waals surface area contributed by atoms with Crippen molar-refractivity contribution in [3.63, 3.8) is 0 Å². The van der Waals surface area contributed by atoms with E-state index in [1.807, 2.05) is 40.6 Å². The van der Waals surface area contributed by atoms with Gasteiger partial charge in [0.15, 0.2) is 6.29 Å². The molecule has 0 amide bonds. The fourth-order valence-corrected chi connectivity index (χ4v) is 3.35. The highest BCUT2D eigenvalue weighted by Crippen LogP contribution is 2.39. The number of aromatic nitrogens is 2. The fraction of sp³-hybridized carbons (Fsp3) is 0.333. The number of imidazole rings is 1. The summed E-state index contributed by atoms with van der Waals surface area (Å²) in [4.78, 5) is 15.5. The number of nitrogens with zero attached hydrogens (tertiary/aromatic N) is 2. The van der Waals surface area contributed by atoms with Crippen molar-refractivity contribution in [3.8, 4) is 0 Å². The highest BCUT2D eigenvalue weighted by molar-refractivity contribution is 7.99. The minimum Gasteiger partial charge on any atom is -0.297 e. The molecule has 1 atom stereocenters. The maximum atomic E-state index is 10.9. The number of rotatable bonds is 2. The Bertz CT molecular complexity index is 529. The number of hydrogen-bond donors (Lipinski definition) is 0. The van der Waals surface area contributed by atoms with Gasteiger partial charge in [-0.15, -0.1) is 0 Å². The zero-order valence-electron chi connectivity index (χ0n) is 8.80.